The van der Waals surface area contributed by atoms with Crippen molar-refractivity contribution in [3.8, 4) is 5.75 Å². The highest BCUT2D eigenvalue weighted by Gasteiger charge is 2.37. The molecule has 24 heavy (non-hydrogen) atoms. The topological polar surface area (TPSA) is 55.4 Å². The summed E-state index contributed by atoms with van der Waals surface area (Å²) in [6.07, 6.45) is 4.11. The molecule has 4 nitrogen and oxygen atoms in total. The minimum absolute atomic E-state index is 0.0273. The van der Waals surface area contributed by atoms with E-state index in [-0.39, 0.29) is 16.1 Å². The second-order valence-electron chi connectivity index (χ2n) is 6.12. The first-order valence-electron chi connectivity index (χ1n) is 7.83. The van der Waals surface area contributed by atoms with E-state index >= 15 is 0 Å². The third kappa shape index (κ3) is 3.34. The summed E-state index contributed by atoms with van der Waals surface area (Å²) in [5, 5.41) is 4.11. The zero-order chi connectivity index (χ0) is 17.2. The molecule has 1 aromatic heterocycles. The number of rotatable bonds is 6. The van der Waals surface area contributed by atoms with Crippen LogP contribution in [0.3, 0.4) is 0 Å². The average Bonchev–Trinajstić information content (AvgIpc) is 3.25. The SMILES string of the molecule is COc1ccc(S(=O)(=O)NCC2(c3ccsc3)CCCC2)cc1F. The smallest absolute Gasteiger partial charge is 0.240 e. The van der Waals surface area contributed by atoms with Crippen LogP contribution in [0.4, 0.5) is 4.39 Å². The van der Waals surface area contributed by atoms with Crippen molar-refractivity contribution in [3.05, 3.63) is 46.4 Å². The summed E-state index contributed by atoms with van der Waals surface area (Å²) >= 11 is 1.62. The summed E-state index contributed by atoms with van der Waals surface area (Å²) in [7, 11) is -2.42. The molecule has 0 atom stereocenters. The summed E-state index contributed by atoms with van der Waals surface area (Å²) in [6, 6.07) is 5.74. The van der Waals surface area contributed by atoms with Crippen LogP contribution in [-0.2, 0) is 15.4 Å². The zero-order valence-electron chi connectivity index (χ0n) is 13.4. The predicted molar refractivity (Wildman–Crippen MR) is 92.6 cm³/mol. The minimum atomic E-state index is -3.77. The molecule has 0 saturated heterocycles. The highest BCUT2D eigenvalue weighted by atomic mass is 32.2. The van der Waals surface area contributed by atoms with E-state index in [1.54, 1.807) is 11.3 Å². The Labute approximate surface area is 145 Å². The van der Waals surface area contributed by atoms with Crippen LogP contribution in [0.15, 0.2) is 39.9 Å². The Bertz CT molecular complexity index is 797. The minimum Gasteiger partial charge on any atom is -0.494 e. The van der Waals surface area contributed by atoms with Gasteiger partial charge in [-0.3, -0.25) is 0 Å². The Kier molecular flexibility index (Phi) is 4.94. The molecule has 2 aromatic rings. The van der Waals surface area contributed by atoms with E-state index < -0.39 is 15.8 Å². The Morgan fingerprint density at radius 3 is 2.62 bits per heavy atom. The largest absolute Gasteiger partial charge is 0.494 e. The van der Waals surface area contributed by atoms with Gasteiger partial charge in [-0.2, -0.15) is 11.3 Å². The quantitative estimate of drug-likeness (QED) is 0.845. The van der Waals surface area contributed by atoms with E-state index in [1.807, 2.05) is 5.38 Å². The number of halogens is 1. The standard InChI is InChI=1S/C17H20FNO3S2/c1-22-16-5-4-14(10-15(16)18)24(20,21)19-12-17(7-2-3-8-17)13-6-9-23-11-13/h4-6,9-11,19H,2-3,7-8,12H2,1H3. The van der Waals surface area contributed by atoms with Crippen LogP contribution >= 0.6 is 11.3 Å². The molecule has 1 aromatic carbocycles. The van der Waals surface area contributed by atoms with Gasteiger partial charge in [0.1, 0.15) is 0 Å². The van der Waals surface area contributed by atoms with E-state index in [0.29, 0.717) is 6.54 Å². The van der Waals surface area contributed by atoms with Crippen LogP contribution in [0.25, 0.3) is 0 Å². The van der Waals surface area contributed by atoms with E-state index in [2.05, 4.69) is 16.2 Å². The van der Waals surface area contributed by atoms with E-state index in [1.165, 1.54) is 24.8 Å². The van der Waals surface area contributed by atoms with E-state index in [4.69, 9.17) is 4.74 Å². The number of methoxy groups -OCH3 is 1. The number of ether oxygens (including phenoxy) is 1. The van der Waals surface area contributed by atoms with Gasteiger partial charge in [0, 0.05) is 12.0 Å². The molecule has 7 heteroatoms. The molecule has 0 aliphatic heterocycles. The van der Waals surface area contributed by atoms with Crippen molar-refractivity contribution >= 4 is 21.4 Å². The van der Waals surface area contributed by atoms with Crippen molar-refractivity contribution in [1.29, 1.82) is 0 Å². The lowest BCUT2D eigenvalue weighted by molar-refractivity contribution is 0.385. The second kappa shape index (κ2) is 6.82. The first-order valence-corrected chi connectivity index (χ1v) is 10.3. The third-order valence-electron chi connectivity index (χ3n) is 4.73. The fraction of sp³-hybridized carbons (Fsp3) is 0.412. The van der Waals surface area contributed by atoms with Crippen molar-refractivity contribution in [2.45, 2.75) is 36.0 Å². The highest BCUT2D eigenvalue weighted by Crippen LogP contribution is 2.41. The number of thiophene rings is 1. The Balaban J connectivity index is 1.80. The molecule has 0 radical (unpaired) electrons. The summed E-state index contributed by atoms with van der Waals surface area (Å²) in [6.45, 7) is 0.333. The molecule has 0 spiro atoms. The molecule has 130 valence electrons. The fourth-order valence-electron chi connectivity index (χ4n) is 3.32. The molecule has 1 aliphatic carbocycles. The van der Waals surface area contributed by atoms with Gasteiger partial charge in [-0.15, -0.1) is 0 Å². The van der Waals surface area contributed by atoms with Crippen molar-refractivity contribution in [3.63, 3.8) is 0 Å². The Hall–Kier alpha value is -1.44. The number of sulfonamides is 1. The summed E-state index contributed by atoms with van der Waals surface area (Å²) in [5.74, 6) is -0.659. The monoisotopic (exact) mass is 369 g/mol. The van der Waals surface area contributed by atoms with Crippen molar-refractivity contribution in [2.24, 2.45) is 0 Å². The van der Waals surface area contributed by atoms with Crippen LogP contribution in [0, 0.1) is 5.82 Å². The highest BCUT2D eigenvalue weighted by molar-refractivity contribution is 7.89. The molecule has 0 unspecified atom stereocenters. The number of hydrogen-bond acceptors (Lipinski definition) is 4. The lowest BCUT2D eigenvalue weighted by Gasteiger charge is -2.28. The summed E-state index contributed by atoms with van der Waals surface area (Å²) in [4.78, 5) is -0.0840. The lowest BCUT2D eigenvalue weighted by atomic mass is 9.81. The molecule has 1 fully saturated rings. The van der Waals surface area contributed by atoms with Gasteiger partial charge < -0.3 is 4.74 Å². The van der Waals surface area contributed by atoms with Crippen LogP contribution in [0.2, 0.25) is 0 Å². The molecule has 1 aliphatic rings. The van der Waals surface area contributed by atoms with Gasteiger partial charge in [-0.1, -0.05) is 12.8 Å². The molecule has 0 amide bonds. The Morgan fingerprint density at radius 2 is 2.04 bits per heavy atom. The Morgan fingerprint density at radius 1 is 1.29 bits per heavy atom. The molecule has 1 heterocycles. The summed E-state index contributed by atoms with van der Waals surface area (Å²) in [5.41, 5.74) is 1.03. The molecule has 0 bridgehead atoms. The maximum Gasteiger partial charge on any atom is 0.240 e. The molecule has 1 N–H and O–H groups in total. The van der Waals surface area contributed by atoms with Crippen molar-refractivity contribution in [2.75, 3.05) is 13.7 Å². The van der Waals surface area contributed by atoms with Gasteiger partial charge in [-0.05, 0) is 53.4 Å². The maximum absolute atomic E-state index is 13.8. The first kappa shape index (κ1) is 17.4. The molecular formula is C17H20FNO3S2. The van der Waals surface area contributed by atoms with Crippen molar-refractivity contribution in [1.82, 2.24) is 4.72 Å². The van der Waals surface area contributed by atoms with Gasteiger partial charge in [-0.25, -0.2) is 17.5 Å². The van der Waals surface area contributed by atoms with Gasteiger partial charge >= 0.3 is 0 Å². The summed E-state index contributed by atoms with van der Waals surface area (Å²) < 4.78 is 46.4. The van der Waals surface area contributed by atoms with Gasteiger partial charge in [0.05, 0.1) is 12.0 Å². The predicted octanol–water partition coefficient (Wildman–Crippen LogP) is 3.69. The fourth-order valence-corrected chi connectivity index (χ4v) is 5.23. The van der Waals surface area contributed by atoms with E-state index in [0.717, 1.165) is 31.7 Å². The van der Waals surface area contributed by atoms with Crippen LogP contribution in [-0.4, -0.2) is 22.1 Å². The van der Waals surface area contributed by atoms with Crippen molar-refractivity contribution < 1.29 is 17.5 Å². The van der Waals surface area contributed by atoms with Gasteiger partial charge in [0.2, 0.25) is 10.0 Å². The molecule has 3 rings (SSSR count). The zero-order valence-corrected chi connectivity index (χ0v) is 15.1. The van der Waals surface area contributed by atoms with Crippen LogP contribution in [0.5, 0.6) is 5.75 Å². The second-order valence-corrected chi connectivity index (χ2v) is 8.67. The molecule has 1 saturated carbocycles. The van der Waals surface area contributed by atoms with E-state index in [9.17, 15) is 12.8 Å². The number of nitrogens with one attached hydrogen (secondary N) is 1. The lowest BCUT2D eigenvalue weighted by Crippen LogP contribution is -2.38. The first-order chi connectivity index (χ1) is 11.5. The normalized spacial score (nSPS) is 17.1. The molecular weight excluding hydrogens is 349 g/mol. The van der Waals surface area contributed by atoms with Crippen LogP contribution < -0.4 is 9.46 Å². The average molecular weight is 369 g/mol. The van der Waals surface area contributed by atoms with Gasteiger partial charge in [0.15, 0.2) is 11.6 Å². The van der Waals surface area contributed by atoms with Gasteiger partial charge in [0.25, 0.3) is 0 Å². The number of hydrogen-bond donors (Lipinski definition) is 1. The van der Waals surface area contributed by atoms with Crippen LogP contribution in [0.1, 0.15) is 31.2 Å². The third-order valence-corrected chi connectivity index (χ3v) is 6.81. The number of benzene rings is 1. The maximum atomic E-state index is 13.8.